The van der Waals surface area contributed by atoms with E-state index in [2.05, 4.69) is 18.2 Å². The van der Waals surface area contributed by atoms with Crippen LogP contribution in [-0.2, 0) is 24.3 Å². The van der Waals surface area contributed by atoms with Crippen LogP contribution in [0.4, 0.5) is 0 Å². The van der Waals surface area contributed by atoms with Crippen LogP contribution in [0.1, 0.15) is 39.9 Å². The molecule has 0 spiro atoms. The molecule has 2 heterocycles. The summed E-state index contributed by atoms with van der Waals surface area (Å²) in [6.45, 7) is 2.93. The van der Waals surface area contributed by atoms with Crippen LogP contribution < -0.4 is 0 Å². The molecule has 2 aliphatic rings. The van der Waals surface area contributed by atoms with Gasteiger partial charge >= 0.3 is 0 Å². The number of rotatable bonds is 3. The van der Waals surface area contributed by atoms with E-state index in [4.69, 9.17) is 0 Å². The van der Waals surface area contributed by atoms with Crippen LogP contribution in [0, 0.1) is 0 Å². The summed E-state index contributed by atoms with van der Waals surface area (Å²) in [7, 11) is 0. The third kappa shape index (κ3) is 3.29. The van der Waals surface area contributed by atoms with Crippen molar-refractivity contribution in [3.05, 3.63) is 70.8 Å². The summed E-state index contributed by atoms with van der Waals surface area (Å²) < 4.78 is 0. The largest absolute Gasteiger partial charge is 0.338 e. The molecule has 4 nitrogen and oxygen atoms in total. The van der Waals surface area contributed by atoms with Crippen molar-refractivity contribution in [3.63, 3.8) is 0 Å². The number of benzene rings is 2. The summed E-state index contributed by atoms with van der Waals surface area (Å²) in [5.74, 6) is 0.311. The van der Waals surface area contributed by atoms with Crippen LogP contribution in [0.3, 0.4) is 0 Å². The van der Waals surface area contributed by atoms with Gasteiger partial charge in [0.1, 0.15) is 0 Å². The molecule has 2 aromatic rings. The van der Waals surface area contributed by atoms with E-state index in [0.717, 1.165) is 37.1 Å². The summed E-state index contributed by atoms with van der Waals surface area (Å²) in [5, 5.41) is 0. The van der Waals surface area contributed by atoms with E-state index in [-0.39, 0.29) is 11.8 Å². The number of likely N-dealkylation sites (tertiary alicyclic amines) is 1. The molecule has 4 rings (SSSR count). The Morgan fingerprint density at radius 2 is 1.68 bits per heavy atom. The zero-order valence-corrected chi connectivity index (χ0v) is 14.3. The summed E-state index contributed by atoms with van der Waals surface area (Å²) in [6.07, 6.45) is 2.52. The van der Waals surface area contributed by atoms with E-state index in [1.54, 1.807) is 0 Å². The summed E-state index contributed by atoms with van der Waals surface area (Å²) in [6, 6.07) is 16.0. The fourth-order valence-corrected chi connectivity index (χ4v) is 3.70. The highest BCUT2D eigenvalue weighted by Gasteiger charge is 2.22. The Bertz CT molecular complexity index is 798. The van der Waals surface area contributed by atoms with E-state index in [0.29, 0.717) is 19.5 Å². The number of carbonyl (C=O) groups is 2. The number of carbonyl (C=O) groups excluding carboxylic acids is 2. The van der Waals surface area contributed by atoms with Gasteiger partial charge in [-0.2, -0.15) is 0 Å². The van der Waals surface area contributed by atoms with E-state index in [1.807, 2.05) is 40.1 Å². The van der Waals surface area contributed by atoms with Gasteiger partial charge in [0.05, 0.1) is 0 Å². The second kappa shape index (κ2) is 6.71. The van der Waals surface area contributed by atoms with Gasteiger partial charge in [-0.1, -0.05) is 36.4 Å². The summed E-state index contributed by atoms with van der Waals surface area (Å²) >= 11 is 0. The number of fused-ring (bicyclic) bond motifs is 1. The molecule has 128 valence electrons. The summed E-state index contributed by atoms with van der Waals surface area (Å²) in [4.78, 5) is 28.3. The minimum absolute atomic E-state index is 0.0818. The average Bonchev–Trinajstić information content (AvgIpc) is 3.06. The number of hydrogen-bond donors (Lipinski definition) is 0. The van der Waals surface area contributed by atoms with E-state index in [1.165, 1.54) is 11.1 Å². The zero-order chi connectivity index (χ0) is 17.2. The Morgan fingerprint density at radius 3 is 2.40 bits per heavy atom. The standard InChI is InChI=1S/C21H22N2O2/c24-20-6-3-12-22(20)14-16-7-9-18(10-8-16)21(25)23-13-11-17-4-1-2-5-19(17)15-23/h1-2,4-5,7-10H,3,6,11-15H2. The molecule has 2 amide bonds. The zero-order valence-electron chi connectivity index (χ0n) is 14.3. The van der Waals surface area contributed by atoms with Crippen molar-refractivity contribution in [2.75, 3.05) is 13.1 Å². The molecular formula is C21H22N2O2. The van der Waals surface area contributed by atoms with Crippen LogP contribution in [0.5, 0.6) is 0 Å². The average molecular weight is 334 g/mol. The third-order valence-corrected chi connectivity index (χ3v) is 5.16. The maximum atomic E-state index is 12.8. The Hall–Kier alpha value is -2.62. The lowest BCUT2D eigenvalue weighted by atomic mass is 9.99. The molecule has 0 atom stereocenters. The molecule has 1 saturated heterocycles. The fourth-order valence-electron chi connectivity index (χ4n) is 3.70. The van der Waals surface area contributed by atoms with Gasteiger partial charge in [0.15, 0.2) is 0 Å². The second-order valence-electron chi connectivity index (χ2n) is 6.86. The van der Waals surface area contributed by atoms with Crippen molar-refractivity contribution in [2.45, 2.75) is 32.4 Å². The molecule has 0 radical (unpaired) electrons. The van der Waals surface area contributed by atoms with Crippen molar-refractivity contribution < 1.29 is 9.59 Å². The molecule has 0 bridgehead atoms. The topological polar surface area (TPSA) is 40.6 Å². The Labute approximate surface area is 148 Å². The Morgan fingerprint density at radius 1 is 0.920 bits per heavy atom. The van der Waals surface area contributed by atoms with Gasteiger partial charge in [0.2, 0.25) is 5.91 Å². The summed E-state index contributed by atoms with van der Waals surface area (Å²) in [5.41, 5.74) is 4.38. The maximum Gasteiger partial charge on any atom is 0.254 e. The van der Waals surface area contributed by atoms with Crippen LogP contribution in [-0.4, -0.2) is 34.7 Å². The molecule has 0 aliphatic carbocycles. The fraction of sp³-hybridized carbons (Fsp3) is 0.333. The molecule has 1 fully saturated rings. The van der Waals surface area contributed by atoms with Crippen LogP contribution in [0.2, 0.25) is 0 Å². The number of nitrogens with zero attached hydrogens (tertiary/aromatic N) is 2. The molecule has 2 aromatic carbocycles. The lowest BCUT2D eigenvalue weighted by Gasteiger charge is -2.29. The van der Waals surface area contributed by atoms with Gasteiger partial charge in [-0.15, -0.1) is 0 Å². The van der Waals surface area contributed by atoms with Crippen molar-refractivity contribution >= 4 is 11.8 Å². The lowest BCUT2D eigenvalue weighted by molar-refractivity contribution is -0.128. The quantitative estimate of drug-likeness (QED) is 0.866. The van der Waals surface area contributed by atoms with Gasteiger partial charge in [-0.3, -0.25) is 9.59 Å². The highest BCUT2D eigenvalue weighted by atomic mass is 16.2. The first-order valence-electron chi connectivity index (χ1n) is 8.93. The first kappa shape index (κ1) is 15.9. The number of amides is 2. The molecule has 0 saturated carbocycles. The van der Waals surface area contributed by atoms with Gasteiger partial charge in [-0.05, 0) is 41.7 Å². The van der Waals surface area contributed by atoms with Crippen LogP contribution in [0.15, 0.2) is 48.5 Å². The van der Waals surface area contributed by atoms with Crippen LogP contribution in [0.25, 0.3) is 0 Å². The number of hydrogen-bond acceptors (Lipinski definition) is 2. The molecule has 25 heavy (non-hydrogen) atoms. The third-order valence-electron chi connectivity index (χ3n) is 5.16. The van der Waals surface area contributed by atoms with Gasteiger partial charge in [-0.25, -0.2) is 0 Å². The Balaban J connectivity index is 1.43. The van der Waals surface area contributed by atoms with Crippen LogP contribution >= 0.6 is 0 Å². The highest BCUT2D eigenvalue weighted by Crippen LogP contribution is 2.21. The highest BCUT2D eigenvalue weighted by molar-refractivity contribution is 5.94. The minimum Gasteiger partial charge on any atom is -0.338 e. The molecule has 0 N–H and O–H groups in total. The van der Waals surface area contributed by atoms with Gasteiger partial charge in [0, 0.05) is 38.2 Å². The first-order chi connectivity index (χ1) is 12.2. The smallest absolute Gasteiger partial charge is 0.254 e. The Kier molecular flexibility index (Phi) is 4.26. The predicted molar refractivity (Wildman–Crippen MR) is 96.0 cm³/mol. The first-order valence-corrected chi connectivity index (χ1v) is 8.93. The SMILES string of the molecule is O=C1CCCN1Cc1ccc(C(=O)N2CCc3ccccc3C2)cc1. The predicted octanol–water partition coefficient (Wildman–Crippen LogP) is 3.01. The molecule has 4 heteroatoms. The lowest BCUT2D eigenvalue weighted by Crippen LogP contribution is -2.35. The molecular weight excluding hydrogens is 312 g/mol. The van der Waals surface area contributed by atoms with Crippen molar-refractivity contribution in [1.82, 2.24) is 9.80 Å². The van der Waals surface area contributed by atoms with E-state index < -0.39 is 0 Å². The monoisotopic (exact) mass is 334 g/mol. The van der Waals surface area contributed by atoms with E-state index >= 15 is 0 Å². The van der Waals surface area contributed by atoms with Crippen molar-refractivity contribution in [3.8, 4) is 0 Å². The van der Waals surface area contributed by atoms with Gasteiger partial charge < -0.3 is 9.80 Å². The maximum absolute atomic E-state index is 12.8. The second-order valence-corrected chi connectivity index (χ2v) is 6.86. The molecule has 0 unspecified atom stereocenters. The molecule has 2 aliphatic heterocycles. The minimum atomic E-state index is 0.0818. The van der Waals surface area contributed by atoms with Crippen molar-refractivity contribution in [2.24, 2.45) is 0 Å². The van der Waals surface area contributed by atoms with E-state index in [9.17, 15) is 9.59 Å². The van der Waals surface area contributed by atoms with Crippen molar-refractivity contribution in [1.29, 1.82) is 0 Å². The van der Waals surface area contributed by atoms with Gasteiger partial charge in [0.25, 0.3) is 5.91 Å². The normalized spacial score (nSPS) is 16.9. The molecule has 0 aromatic heterocycles.